The highest BCUT2D eigenvalue weighted by Crippen LogP contribution is 2.35. The molecule has 0 saturated heterocycles. The molecule has 0 spiro atoms. The molecule has 5 heteroatoms. The summed E-state index contributed by atoms with van der Waals surface area (Å²) in [7, 11) is 3.14. The van der Waals surface area contributed by atoms with Gasteiger partial charge in [0.2, 0.25) is 0 Å². The van der Waals surface area contributed by atoms with Gasteiger partial charge in [-0.05, 0) is 30.7 Å². The maximum atomic E-state index is 12.5. The molecular formula is C23H21NO4. The molecule has 0 atom stereocenters. The van der Waals surface area contributed by atoms with Crippen LogP contribution >= 0.6 is 0 Å². The van der Waals surface area contributed by atoms with Crippen molar-refractivity contribution in [1.29, 1.82) is 0 Å². The fourth-order valence-electron chi connectivity index (χ4n) is 2.86. The molecule has 3 rings (SSSR count). The van der Waals surface area contributed by atoms with E-state index >= 15 is 0 Å². The van der Waals surface area contributed by atoms with Gasteiger partial charge in [0, 0.05) is 16.8 Å². The van der Waals surface area contributed by atoms with Crippen LogP contribution in [-0.4, -0.2) is 25.9 Å². The van der Waals surface area contributed by atoms with Gasteiger partial charge in [-0.3, -0.25) is 9.59 Å². The Kier molecular flexibility index (Phi) is 5.75. The minimum atomic E-state index is -0.684. The van der Waals surface area contributed by atoms with Crippen molar-refractivity contribution in [2.24, 2.45) is 0 Å². The van der Waals surface area contributed by atoms with Crippen LogP contribution in [0.3, 0.4) is 0 Å². The second-order valence-electron chi connectivity index (χ2n) is 6.26. The van der Waals surface area contributed by atoms with E-state index in [-0.39, 0.29) is 0 Å². The van der Waals surface area contributed by atoms with E-state index in [0.29, 0.717) is 22.7 Å². The Balaban J connectivity index is 1.89. The molecule has 0 fully saturated rings. The highest BCUT2D eigenvalue weighted by molar-refractivity contribution is 6.46. The van der Waals surface area contributed by atoms with Crippen molar-refractivity contribution in [3.63, 3.8) is 0 Å². The number of rotatable bonds is 6. The largest absolute Gasteiger partial charge is 0.493 e. The van der Waals surface area contributed by atoms with E-state index in [1.165, 1.54) is 0 Å². The first-order valence-corrected chi connectivity index (χ1v) is 8.77. The molecule has 3 aromatic rings. The molecule has 0 aliphatic carbocycles. The second kappa shape index (κ2) is 8.39. The van der Waals surface area contributed by atoms with Crippen molar-refractivity contribution in [1.82, 2.24) is 0 Å². The summed E-state index contributed by atoms with van der Waals surface area (Å²) in [5, 5.41) is 2.73. The summed E-state index contributed by atoms with van der Waals surface area (Å²) in [6.07, 6.45) is 0. The molecule has 0 aliphatic rings. The number of nitrogens with one attached hydrogen (secondary N) is 1. The van der Waals surface area contributed by atoms with Crippen LogP contribution in [0.15, 0.2) is 66.7 Å². The molecule has 1 N–H and O–H groups in total. The van der Waals surface area contributed by atoms with Crippen molar-refractivity contribution in [2.75, 3.05) is 19.5 Å². The fourth-order valence-corrected chi connectivity index (χ4v) is 2.86. The first kappa shape index (κ1) is 19.2. The number of aryl methyl sites for hydroxylation is 1. The Morgan fingerprint density at radius 3 is 2.18 bits per heavy atom. The number of carbonyl (C=O) groups is 2. The maximum absolute atomic E-state index is 12.5. The molecule has 28 heavy (non-hydrogen) atoms. The van der Waals surface area contributed by atoms with Gasteiger partial charge < -0.3 is 14.8 Å². The predicted molar refractivity (Wildman–Crippen MR) is 109 cm³/mol. The molecular weight excluding hydrogens is 354 g/mol. The van der Waals surface area contributed by atoms with Gasteiger partial charge in [-0.25, -0.2) is 0 Å². The average Bonchev–Trinajstić information content (AvgIpc) is 2.73. The number of amides is 1. The summed E-state index contributed by atoms with van der Waals surface area (Å²) in [4.78, 5) is 24.9. The van der Waals surface area contributed by atoms with Crippen molar-refractivity contribution >= 4 is 17.4 Å². The Labute approximate surface area is 163 Å². The third-order valence-electron chi connectivity index (χ3n) is 4.39. The highest BCUT2D eigenvalue weighted by atomic mass is 16.5. The summed E-state index contributed by atoms with van der Waals surface area (Å²) in [6.45, 7) is 1.92. The van der Waals surface area contributed by atoms with Crippen LogP contribution < -0.4 is 14.8 Å². The number of para-hydroxylation sites is 1. The number of carbonyl (C=O) groups excluding carboxylic acids is 2. The van der Waals surface area contributed by atoms with Crippen LogP contribution in [0.1, 0.15) is 15.9 Å². The van der Waals surface area contributed by atoms with E-state index < -0.39 is 11.7 Å². The summed E-state index contributed by atoms with van der Waals surface area (Å²) in [5.74, 6) is -0.0712. The number of ether oxygens (including phenoxy) is 2. The summed E-state index contributed by atoms with van der Waals surface area (Å²) >= 11 is 0. The molecule has 0 radical (unpaired) electrons. The molecule has 0 aliphatic heterocycles. The predicted octanol–water partition coefficient (Wildman–Crippen LogP) is 4.50. The Morgan fingerprint density at radius 1 is 0.821 bits per heavy atom. The Hall–Kier alpha value is -3.60. The van der Waals surface area contributed by atoms with Crippen LogP contribution in [0.5, 0.6) is 11.5 Å². The molecule has 1 amide bonds. The number of hydrogen-bond donors (Lipinski definition) is 1. The smallest absolute Gasteiger partial charge is 0.296 e. The second-order valence-corrected chi connectivity index (χ2v) is 6.26. The van der Waals surface area contributed by atoms with Crippen LogP contribution in [0, 0.1) is 6.92 Å². The molecule has 5 nitrogen and oxygen atoms in total. The van der Waals surface area contributed by atoms with E-state index in [1.807, 2.05) is 31.2 Å². The van der Waals surface area contributed by atoms with Gasteiger partial charge in [-0.2, -0.15) is 0 Å². The first-order chi connectivity index (χ1) is 13.5. The van der Waals surface area contributed by atoms with Gasteiger partial charge in [-0.15, -0.1) is 0 Å². The average molecular weight is 375 g/mol. The highest BCUT2D eigenvalue weighted by Gasteiger charge is 2.18. The Bertz CT molecular complexity index is 1010. The van der Waals surface area contributed by atoms with Crippen molar-refractivity contribution in [2.45, 2.75) is 6.92 Å². The van der Waals surface area contributed by atoms with Crippen LogP contribution in [0.2, 0.25) is 0 Å². The molecule has 0 heterocycles. The lowest BCUT2D eigenvalue weighted by Crippen LogP contribution is -2.23. The molecule has 0 unspecified atom stereocenters. The van der Waals surface area contributed by atoms with Crippen LogP contribution in [0.4, 0.5) is 5.69 Å². The zero-order valence-corrected chi connectivity index (χ0v) is 16.0. The third kappa shape index (κ3) is 4.04. The lowest BCUT2D eigenvalue weighted by Gasteiger charge is -2.13. The lowest BCUT2D eigenvalue weighted by atomic mass is 10.0. The first-order valence-electron chi connectivity index (χ1n) is 8.77. The minimum absolute atomic E-state index is 0.353. The monoisotopic (exact) mass is 375 g/mol. The van der Waals surface area contributed by atoms with E-state index in [4.69, 9.17) is 9.47 Å². The topological polar surface area (TPSA) is 64.6 Å². The molecule has 0 saturated carbocycles. The zero-order chi connectivity index (χ0) is 20.1. The number of hydrogen-bond acceptors (Lipinski definition) is 4. The minimum Gasteiger partial charge on any atom is -0.493 e. The summed E-state index contributed by atoms with van der Waals surface area (Å²) < 4.78 is 10.6. The summed E-state index contributed by atoms with van der Waals surface area (Å²) in [6, 6.07) is 19.7. The molecule has 142 valence electrons. The number of ketones is 1. The maximum Gasteiger partial charge on any atom is 0.296 e. The van der Waals surface area contributed by atoms with Gasteiger partial charge >= 0.3 is 0 Å². The quantitative estimate of drug-likeness (QED) is 0.509. The van der Waals surface area contributed by atoms with Crippen molar-refractivity contribution < 1.29 is 19.1 Å². The van der Waals surface area contributed by atoms with E-state index in [2.05, 4.69) is 5.32 Å². The van der Waals surface area contributed by atoms with Gasteiger partial charge in [0.15, 0.2) is 11.5 Å². The Morgan fingerprint density at radius 2 is 1.50 bits per heavy atom. The standard InChI is InChI=1S/C23H21NO4/c1-15-8-10-16(11-9-15)22(25)23(26)24-19-7-5-4-6-18(19)17-12-13-20(27-2)21(14-17)28-3/h4-14H,1-3H3,(H,24,26). The number of Topliss-reactive ketones (excluding diaryl/α,β-unsaturated/α-hetero) is 1. The fraction of sp³-hybridized carbons (Fsp3) is 0.130. The molecule has 0 bridgehead atoms. The van der Waals surface area contributed by atoms with E-state index in [9.17, 15) is 9.59 Å². The number of anilines is 1. The number of methoxy groups -OCH3 is 2. The SMILES string of the molecule is COc1ccc(-c2ccccc2NC(=O)C(=O)c2ccc(C)cc2)cc1OC. The van der Waals surface area contributed by atoms with Crippen LogP contribution in [-0.2, 0) is 4.79 Å². The number of benzene rings is 3. The van der Waals surface area contributed by atoms with Gasteiger partial charge in [0.25, 0.3) is 11.7 Å². The van der Waals surface area contributed by atoms with Gasteiger partial charge in [0.05, 0.1) is 14.2 Å². The molecule has 0 aromatic heterocycles. The normalized spacial score (nSPS) is 10.2. The summed E-state index contributed by atoms with van der Waals surface area (Å²) in [5.41, 5.74) is 3.52. The van der Waals surface area contributed by atoms with Crippen molar-refractivity contribution in [3.8, 4) is 22.6 Å². The zero-order valence-electron chi connectivity index (χ0n) is 16.0. The third-order valence-corrected chi connectivity index (χ3v) is 4.39. The lowest BCUT2D eigenvalue weighted by molar-refractivity contribution is -0.112. The van der Waals surface area contributed by atoms with Gasteiger partial charge in [0.1, 0.15) is 0 Å². The molecule has 3 aromatic carbocycles. The van der Waals surface area contributed by atoms with Crippen LogP contribution in [0.25, 0.3) is 11.1 Å². The van der Waals surface area contributed by atoms with Crippen molar-refractivity contribution in [3.05, 3.63) is 77.9 Å². The van der Waals surface area contributed by atoms with E-state index in [0.717, 1.165) is 16.7 Å². The van der Waals surface area contributed by atoms with Gasteiger partial charge in [-0.1, -0.05) is 54.1 Å². The van der Waals surface area contributed by atoms with E-state index in [1.54, 1.807) is 56.7 Å².